The number of amides is 1. The van der Waals surface area contributed by atoms with Crippen molar-refractivity contribution < 1.29 is 19.4 Å². The number of carbonyl (C=O) groups is 1. The zero-order valence-corrected chi connectivity index (χ0v) is 16.3. The number of hydrogen-bond donors (Lipinski definition) is 2. The lowest BCUT2D eigenvalue weighted by atomic mass is 9.95. The number of aryl methyl sites for hydroxylation is 2. The molecule has 0 bridgehead atoms. The fourth-order valence-corrected chi connectivity index (χ4v) is 3.72. The number of methoxy groups -OCH3 is 2. The van der Waals surface area contributed by atoms with Gasteiger partial charge in [-0.15, -0.1) is 0 Å². The first kappa shape index (κ1) is 19.5. The van der Waals surface area contributed by atoms with Crippen LogP contribution in [-0.2, 0) is 23.2 Å². The minimum Gasteiger partial charge on any atom is -0.493 e. The summed E-state index contributed by atoms with van der Waals surface area (Å²) in [5.74, 6) is 1.12. The number of halogens is 1. The molecule has 1 aliphatic carbocycles. The Morgan fingerprint density at radius 3 is 2.67 bits per heavy atom. The minimum absolute atomic E-state index is 0.0997. The zero-order valence-electron chi connectivity index (χ0n) is 15.5. The molecule has 0 spiro atoms. The number of fused-ring (bicyclic) bond motifs is 1. The molecule has 1 aliphatic rings. The van der Waals surface area contributed by atoms with Crippen LogP contribution in [0.1, 0.15) is 29.5 Å². The molecule has 0 radical (unpaired) electrons. The Morgan fingerprint density at radius 2 is 1.96 bits per heavy atom. The lowest BCUT2D eigenvalue weighted by Crippen LogP contribution is -2.39. The van der Waals surface area contributed by atoms with Gasteiger partial charge >= 0.3 is 0 Å². The van der Waals surface area contributed by atoms with Crippen LogP contribution in [0, 0.1) is 0 Å². The van der Waals surface area contributed by atoms with Crippen LogP contribution in [0.2, 0.25) is 5.02 Å². The van der Waals surface area contributed by atoms with Crippen LogP contribution in [0.15, 0.2) is 36.4 Å². The van der Waals surface area contributed by atoms with Crippen molar-refractivity contribution in [2.75, 3.05) is 20.8 Å². The van der Waals surface area contributed by atoms with Gasteiger partial charge in [0.15, 0.2) is 11.5 Å². The third-order valence-corrected chi connectivity index (χ3v) is 5.26. The number of hydrogen-bond acceptors (Lipinski definition) is 4. The van der Waals surface area contributed by atoms with E-state index in [1.54, 1.807) is 26.4 Å². The van der Waals surface area contributed by atoms with Crippen LogP contribution in [0.5, 0.6) is 11.5 Å². The van der Waals surface area contributed by atoms with Gasteiger partial charge in [-0.3, -0.25) is 4.79 Å². The highest BCUT2D eigenvalue weighted by atomic mass is 35.5. The van der Waals surface area contributed by atoms with Gasteiger partial charge in [0.05, 0.1) is 20.8 Å². The Morgan fingerprint density at radius 1 is 1.22 bits per heavy atom. The number of ether oxygens (including phenoxy) is 2. The average molecular weight is 390 g/mol. The standard InChI is InChI=1S/C21H24ClNO4/c1-26-18-11-15-8-9-21(25,17(15)12-19(18)27-2)13-23-20(24)7-6-14-4-3-5-16(22)10-14/h3-5,10-12,25H,6-9,13H2,1-2H3,(H,23,24). The van der Waals surface area contributed by atoms with Crippen molar-refractivity contribution in [1.82, 2.24) is 5.32 Å². The molecule has 2 N–H and O–H groups in total. The SMILES string of the molecule is COc1cc2c(cc1OC)C(O)(CNC(=O)CCc1cccc(Cl)c1)CC2. The summed E-state index contributed by atoms with van der Waals surface area (Å²) in [6.45, 7) is 0.170. The predicted octanol–water partition coefficient (Wildman–Crippen LogP) is 3.24. The Kier molecular flexibility index (Phi) is 5.92. The molecule has 3 rings (SSSR count). The third-order valence-electron chi connectivity index (χ3n) is 5.03. The summed E-state index contributed by atoms with van der Waals surface area (Å²) in [7, 11) is 3.15. The maximum atomic E-state index is 12.2. The van der Waals surface area contributed by atoms with Gasteiger partial charge in [-0.25, -0.2) is 0 Å². The summed E-state index contributed by atoms with van der Waals surface area (Å²) in [5, 5.41) is 14.6. The van der Waals surface area contributed by atoms with E-state index in [2.05, 4.69) is 5.32 Å². The van der Waals surface area contributed by atoms with Gasteiger partial charge in [-0.05, 0) is 60.2 Å². The first-order valence-corrected chi connectivity index (χ1v) is 9.32. The molecule has 2 aromatic carbocycles. The summed E-state index contributed by atoms with van der Waals surface area (Å²) in [6, 6.07) is 11.2. The van der Waals surface area contributed by atoms with Crippen molar-refractivity contribution in [1.29, 1.82) is 0 Å². The van der Waals surface area contributed by atoms with Crippen molar-refractivity contribution in [3.8, 4) is 11.5 Å². The molecule has 144 valence electrons. The lowest BCUT2D eigenvalue weighted by molar-refractivity contribution is -0.122. The molecule has 0 aliphatic heterocycles. The summed E-state index contributed by atoms with van der Waals surface area (Å²) in [5.41, 5.74) is 1.72. The Balaban J connectivity index is 1.62. The molecule has 5 nitrogen and oxygen atoms in total. The van der Waals surface area contributed by atoms with Crippen molar-refractivity contribution in [2.24, 2.45) is 0 Å². The highest BCUT2D eigenvalue weighted by Crippen LogP contribution is 2.42. The van der Waals surface area contributed by atoms with Crippen LogP contribution < -0.4 is 14.8 Å². The summed E-state index contributed by atoms with van der Waals surface area (Å²) >= 11 is 5.97. The highest BCUT2D eigenvalue weighted by Gasteiger charge is 2.38. The van der Waals surface area contributed by atoms with E-state index in [0.29, 0.717) is 35.8 Å². The minimum atomic E-state index is -1.10. The maximum absolute atomic E-state index is 12.2. The monoisotopic (exact) mass is 389 g/mol. The van der Waals surface area contributed by atoms with E-state index in [4.69, 9.17) is 21.1 Å². The second-order valence-electron chi connectivity index (χ2n) is 6.80. The maximum Gasteiger partial charge on any atom is 0.220 e. The Hall–Kier alpha value is -2.24. The van der Waals surface area contributed by atoms with Crippen LogP contribution in [0.4, 0.5) is 0 Å². The molecule has 0 fully saturated rings. The fraction of sp³-hybridized carbons (Fsp3) is 0.381. The zero-order chi connectivity index (χ0) is 19.4. The smallest absolute Gasteiger partial charge is 0.220 e. The molecule has 1 unspecified atom stereocenters. The molecule has 0 saturated heterocycles. The van der Waals surface area contributed by atoms with Gasteiger partial charge in [-0.2, -0.15) is 0 Å². The van der Waals surface area contributed by atoms with E-state index in [1.807, 2.05) is 24.3 Å². The van der Waals surface area contributed by atoms with Crippen LogP contribution in [0.3, 0.4) is 0 Å². The molecule has 0 saturated carbocycles. The van der Waals surface area contributed by atoms with Gasteiger partial charge in [0.25, 0.3) is 0 Å². The first-order chi connectivity index (χ1) is 12.9. The quantitative estimate of drug-likeness (QED) is 0.762. The van der Waals surface area contributed by atoms with Crippen LogP contribution in [0.25, 0.3) is 0 Å². The second kappa shape index (κ2) is 8.19. The third kappa shape index (κ3) is 4.37. The van der Waals surface area contributed by atoms with Gasteiger partial charge in [-0.1, -0.05) is 23.7 Å². The number of nitrogens with one attached hydrogen (secondary N) is 1. The number of aliphatic hydroxyl groups is 1. The molecule has 1 amide bonds. The van der Waals surface area contributed by atoms with E-state index in [-0.39, 0.29) is 12.5 Å². The molecule has 0 heterocycles. The van der Waals surface area contributed by atoms with Gasteiger partial charge in [0.1, 0.15) is 5.60 Å². The summed E-state index contributed by atoms with van der Waals surface area (Å²) < 4.78 is 10.7. The van der Waals surface area contributed by atoms with Crippen LogP contribution >= 0.6 is 11.6 Å². The number of carbonyl (C=O) groups excluding carboxylic acids is 1. The molecule has 0 aromatic heterocycles. The Bertz CT molecular complexity index is 839. The lowest BCUT2D eigenvalue weighted by Gasteiger charge is -2.25. The summed E-state index contributed by atoms with van der Waals surface area (Å²) in [6.07, 6.45) is 2.22. The Labute approximate surface area is 164 Å². The highest BCUT2D eigenvalue weighted by molar-refractivity contribution is 6.30. The van der Waals surface area contributed by atoms with E-state index in [9.17, 15) is 9.90 Å². The van der Waals surface area contributed by atoms with E-state index in [1.165, 1.54) is 0 Å². The van der Waals surface area contributed by atoms with Crippen LogP contribution in [-0.4, -0.2) is 31.8 Å². The molecular formula is C21H24ClNO4. The molecule has 6 heteroatoms. The van der Waals surface area contributed by atoms with Crippen molar-refractivity contribution >= 4 is 17.5 Å². The van der Waals surface area contributed by atoms with Crippen molar-refractivity contribution in [2.45, 2.75) is 31.3 Å². The summed E-state index contributed by atoms with van der Waals surface area (Å²) in [4.78, 5) is 12.2. The largest absolute Gasteiger partial charge is 0.493 e. The van der Waals surface area contributed by atoms with Gasteiger partial charge in [0, 0.05) is 11.4 Å². The average Bonchev–Trinajstić information content (AvgIpc) is 3.00. The predicted molar refractivity (Wildman–Crippen MR) is 105 cm³/mol. The molecule has 2 aromatic rings. The van der Waals surface area contributed by atoms with E-state index < -0.39 is 5.60 Å². The first-order valence-electron chi connectivity index (χ1n) is 8.94. The number of rotatable bonds is 7. The molecule has 1 atom stereocenters. The van der Waals surface area contributed by atoms with Gasteiger partial charge in [0.2, 0.25) is 5.91 Å². The van der Waals surface area contributed by atoms with E-state index >= 15 is 0 Å². The van der Waals surface area contributed by atoms with E-state index in [0.717, 1.165) is 23.1 Å². The fourth-order valence-electron chi connectivity index (χ4n) is 3.50. The number of benzene rings is 2. The topological polar surface area (TPSA) is 67.8 Å². The van der Waals surface area contributed by atoms with Gasteiger partial charge < -0.3 is 19.9 Å². The molecule has 27 heavy (non-hydrogen) atoms. The molecular weight excluding hydrogens is 366 g/mol. The second-order valence-corrected chi connectivity index (χ2v) is 7.24. The van der Waals surface area contributed by atoms with Crippen molar-refractivity contribution in [3.05, 3.63) is 58.1 Å². The van der Waals surface area contributed by atoms with Crippen molar-refractivity contribution in [3.63, 3.8) is 0 Å². The normalized spacial score (nSPS) is 18.1.